The fourth-order valence-corrected chi connectivity index (χ4v) is 2.03. The lowest BCUT2D eigenvalue weighted by Gasteiger charge is -2.12. The molecule has 1 aliphatic heterocycles. The van der Waals surface area contributed by atoms with Crippen molar-refractivity contribution < 1.29 is 14.3 Å². The van der Waals surface area contributed by atoms with E-state index in [0.717, 1.165) is 10.2 Å². The molecule has 0 spiro atoms. The van der Waals surface area contributed by atoms with E-state index in [9.17, 15) is 9.59 Å². The minimum atomic E-state index is -0.506. The quantitative estimate of drug-likeness (QED) is 0.825. The molecule has 1 fully saturated rings. The van der Waals surface area contributed by atoms with Crippen molar-refractivity contribution in [2.24, 2.45) is 0 Å². The first-order valence-corrected chi connectivity index (χ1v) is 5.83. The third-order valence-electron chi connectivity index (χ3n) is 2.46. The second-order valence-electron chi connectivity index (χ2n) is 3.66. The number of imide groups is 1. The lowest BCUT2D eigenvalue weighted by molar-refractivity contribution is -0.124. The Morgan fingerprint density at radius 3 is 2.82 bits per heavy atom. The molecule has 6 heteroatoms. The van der Waals surface area contributed by atoms with Crippen LogP contribution < -0.4 is 15.4 Å². The predicted octanol–water partition coefficient (Wildman–Crippen LogP) is 1.28. The first kappa shape index (κ1) is 11.9. The van der Waals surface area contributed by atoms with Gasteiger partial charge in [0.15, 0.2) is 0 Å². The highest BCUT2D eigenvalue weighted by molar-refractivity contribution is 9.10. The average Bonchev–Trinajstić information content (AvgIpc) is 2.60. The summed E-state index contributed by atoms with van der Waals surface area (Å²) in [5, 5.41) is 5.24. The maximum atomic E-state index is 11.4. The second-order valence-corrected chi connectivity index (χ2v) is 4.52. The van der Waals surface area contributed by atoms with Gasteiger partial charge in [0.25, 0.3) is 0 Å². The molecular formula is C11H11BrN2O3. The molecule has 90 valence electrons. The van der Waals surface area contributed by atoms with E-state index in [-0.39, 0.29) is 18.2 Å². The molecule has 1 saturated heterocycles. The second kappa shape index (κ2) is 4.75. The van der Waals surface area contributed by atoms with E-state index >= 15 is 0 Å². The van der Waals surface area contributed by atoms with E-state index < -0.39 is 6.04 Å². The lowest BCUT2D eigenvalue weighted by Crippen LogP contribution is -2.29. The Balaban J connectivity index is 2.14. The molecule has 0 aliphatic carbocycles. The van der Waals surface area contributed by atoms with Gasteiger partial charge in [0, 0.05) is 11.8 Å². The average molecular weight is 299 g/mol. The zero-order valence-electron chi connectivity index (χ0n) is 9.12. The highest BCUT2D eigenvalue weighted by Gasteiger charge is 2.30. The summed E-state index contributed by atoms with van der Waals surface area (Å²) in [6, 6.07) is 4.88. The Hall–Kier alpha value is -1.56. The van der Waals surface area contributed by atoms with Crippen LogP contribution in [0.2, 0.25) is 0 Å². The molecule has 2 rings (SSSR count). The number of anilines is 1. The monoisotopic (exact) mass is 298 g/mol. The number of benzene rings is 1. The number of carbonyl (C=O) groups excluding carboxylic acids is 2. The van der Waals surface area contributed by atoms with Gasteiger partial charge in [0.2, 0.25) is 11.8 Å². The first-order chi connectivity index (χ1) is 8.10. The van der Waals surface area contributed by atoms with Crippen molar-refractivity contribution in [3.05, 3.63) is 22.7 Å². The van der Waals surface area contributed by atoms with Crippen LogP contribution in [0, 0.1) is 0 Å². The Morgan fingerprint density at radius 1 is 1.47 bits per heavy atom. The standard InChI is InChI=1S/C11H11BrN2O3/c1-17-9-4-6(2-3-7(9)12)13-8-5-10(15)14-11(8)16/h2-4,8,13H,5H2,1H3,(H,14,15,16). The fraction of sp³-hybridized carbons (Fsp3) is 0.273. The van der Waals surface area contributed by atoms with Gasteiger partial charge in [0.1, 0.15) is 11.8 Å². The summed E-state index contributed by atoms with van der Waals surface area (Å²) >= 11 is 3.34. The number of ether oxygens (including phenoxy) is 1. The fourth-order valence-electron chi connectivity index (χ4n) is 1.62. The molecular weight excluding hydrogens is 288 g/mol. The van der Waals surface area contributed by atoms with Crippen molar-refractivity contribution in [3.63, 3.8) is 0 Å². The molecule has 1 aromatic rings. The van der Waals surface area contributed by atoms with E-state index in [1.807, 2.05) is 12.1 Å². The van der Waals surface area contributed by atoms with Crippen molar-refractivity contribution >= 4 is 33.4 Å². The smallest absolute Gasteiger partial charge is 0.249 e. The van der Waals surface area contributed by atoms with Gasteiger partial charge in [-0.1, -0.05) is 0 Å². The summed E-state index contributed by atoms with van der Waals surface area (Å²) in [7, 11) is 1.57. The highest BCUT2D eigenvalue weighted by Crippen LogP contribution is 2.28. The van der Waals surface area contributed by atoms with Gasteiger partial charge in [-0.3, -0.25) is 14.9 Å². The molecule has 1 heterocycles. The number of halogens is 1. The van der Waals surface area contributed by atoms with Gasteiger partial charge in [-0.25, -0.2) is 0 Å². The summed E-state index contributed by atoms with van der Waals surface area (Å²) in [4.78, 5) is 22.4. The minimum Gasteiger partial charge on any atom is -0.495 e. The van der Waals surface area contributed by atoms with E-state index in [1.165, 1.54) is 0 Å². The summed E-state index contributed by atoms with van der Waals surface area (Å²) in [5.41, 5.74) is 0.736. The Bertz CT molecular complexity index is 476. The van der Waals surface area contributed by atoms with Crippen molar-refractivity contribution in [1.29, 1.82) is 0 Å². The van der Waals surface area contributed by atoms with Crippen molar-refractivity contribution in [1.82, 2.24) is 5.32 Å². The molecule has 1 unspecified atom stereocenters. The van der Waals surface area contributed by atoms with Crippen LogP contribution in [-0.2, 0) is 9.59 Å². The zero-order valence-corrected chi connectivity index (χ0v) is 10.7. The summed E-state index contributed by atoms with van der Waals surface area (Å²) < 4.78 is 5.97. The number of carbonyl (C=O) groups is 2. The summed E-state index contributed by atoms with van der Waals surface area (Å²) in [6.45, 7) is 0. The molecule has 1 aliphatic rings. The Morgan fingerprint density at radius 2 is 2.24 bits per heavy atom. The molecule has 2 N–H and O–H groups in total. The van der Waals surface area contributed by atoms with Crippen LogP contribution >= 0.6 is 15.9 Å². The number of amides is 2. The summed E-state index contributed by atoms with van der Waals surface area (Å²) in [5.74, 6) is 0.119. The van der Waals surface area contributed by atoms with Crippen LogP contribution in [0.15, 0.2) is 22.7 Å². The van der Waals surface area contributed by atoms with E-state index in [4.69, 9.17) is 4.74 Å². The van der Waals surface area contributed by atoms with Gasteiger partial charge in [-0.2, -0.15) is 0 Å². The number of nitrogens with one attached hydrogen (secondary N) is 2. The molecule has 0 aromatic heterocycles. The van der Waals surface area contributed by atoms with Crippen LogP contribution in [0.4, 0.5) is 5.69 Å². The Kier molecular flexibility index (Phi) is 3.33. The third-order valence-corrected chi connectivity index (χ3v) is 3.12. The topological polar surface area (TPSA) is 67.4 Å². The molecule has 0 saturated carbocycles. The van der Waals surface area contributed by atoms with Crippen molar-refractivity contribution in [2.45, 2.75) is 12.5 Å². The van der Waals surface area contributed by atoms with Crippen LogP contribution in [0.1, 0.15) is 6.42 Å². The van der Waals surface area contributed by atoms with Crippen molar-refractivity contribution in [3.8, 4) is 5.75 Å². The Labute approximate surface area is 107 Å². The molecule has 5 nitrogen and oxygen atoms in total. The SMILES string of the molecule is COc1cc(NC2CC(=O)NC2=O)ccc1Br. The molecule has 0 bridgehead atoms. The number of hydrogen-bond acceptors (Lipinski definition) is 4. The normalized spacial score (nSPS) is 19.1. The van der Waals surface area contributed by atoms with Crippen molar-refractivity contribution in [2.75, 3.05) is 12.4 Å². The maximum absolute atomic E-state index is 11.4. The van der Waals surface area contributed by atoms with Crippen LogP contribution in [0.3, 0.4) is 0 Å². The van der Waals surface area contributed by atoms with E-state index in [1.54, 1.807) is 13.2 Å². The van der Waals surface area contributed by atoms with Gasteiger partial charge in [-0.15, -0.1) is 0 Å². The van der Waals surface area contributed by atoms with Crippen LogP contribution in [0.25, 0.3) is 0 Å². The minimum absolute atomic E-state index is 0.164. The van der Waals surface area contributed by atoms with Gasteiger partial charge in [-0.05, 0) is 28.1 Å². The molecule has 1 atom stereocenters. The molecule has 1 aromatic carbocycles. The van der Waals surface area contributed by atoms with Gasteiger partial charge >= 0.3 is 0 Å². The number of rotatable bonds is 3. The van der Waals surface area contributed by atoms with E-state index in [2.05, 4.69) is 26.6 Å². The largest absolute Gasteiger partial charge is 0.495 e. The van der Waals surface area contributed by atoms with E-state index in [0.29, 0.717) is 5.75 Å². The zero-order chi connectivity index (χ0) is 12.4. The summed E-state index contributed by atoms with van der Waals surface area (Å²) in [6.07, 6.45) is 0.164. The maximum Gasteiger partial charge on any atom is 0.249 e. The highest BCUT2D eigenvalue weighted by atomic mass is 79.9. The van der Waals surface area contributed by atoms with Gasteiger partial charge in [0.05, 0.1) is 18.0 Å². The van der Waals surface area contributed by atoms with Crippen LogP contribution in [-0.4, -0.2) is 25.0 Å². The van der Waals surface area contributed by atoms with Crippen LogP contribution in [0.5, 0.6) is 5.75 Å². The molecule has 17 heavy (non-hydrogen) atoms. The van der Waals surface area contributed by atoms with Gasteiger partial charge < -0.3 is 10.1 Å². The third kappa shape index (κ3) is 2.58. The molecule has 0 radical (unpaired) electrons. The lowest BCUT2D eigenvalue weighted by atomic mass is 10.2. The first-order valence-electron chi connectivity index (χ1n) is 5.04. The predicted molar refractivity (Wildman–Crippen MR) is 65.9 cm³/mol. The number of hydrogen-bond donors (Lipinski definition) is 2. The number of methoxy groups -OCH3 is 1. The molecule has 2 amide bonds.